The molecule has 1 amide bonds. The Balaban J connectivity index is 0.00000400. The minimum atomic E-state index is -0.133. The van der Waals surface area contributed by atoms with Crippen molar-refractivity contribution < 1.29 is 9.59 Å². The highest BCUT2D eigenvalue weighted by atomic mass is 35.5. The number of hydrogen-bond acceptors (Lipinski definition) is 3. The Morgan fingerprint density at radius 2 is 1.71 bits per heavy atom. The SMILES string of the molecule is CC(=O)c1ccccc1C(=O)N(C)CCC(N)C(C)C.Cl. The molecule has 0 aliphatic rings. The monoisotopic (exact) mass is 312 g/mol. The summed E-state index contributed by atoms with van der Waals surface area (Å²) in [5.41, 5.74) is 6.92. The van der Waals surface area contributed by atoms with Gasteiger partial charge in [-0.25, -0.2) is 0 Å². The number of Topliss-reactive ketones (excluding diaryl/α,β-unsaturated/α-hetero) is 1. The van der Waals surface area contributed by atoms with Crippen molar-refractivity contribution in [1.29, 1.82) is 0 Å². The Hall–Kier alpha value is -1.39. The van der Waals surface area contributed by atoms with Crippen LogP contribution >= 0.6 is 12.4 Å². The first-order valence-corrected chi connectivity index (χ1v) is 6.95. The van der Waals surface area contributed by atoms with E-state index in [0.29, 0.717) is 23.6 Å². The van der Waals surface area contributed by atoms with E-state index in [4.69, 9.17) is 5.73 Å². The average molecular weight is 313 g/mol. The number of benzene rings is 1. The highest BCUT2D eigenvalue weighted by Gasteiger charge is 2.18. The zero-order valence-corrected chi connectivity index (χ0v) is 13.9. The molecule has 4 nitrogen and oxygen atoms in total. The number of nitrogens with zero attached hydrogens (tertiary/aromatic N) is 1. The lowest BCUT2D eigenvalue weighted by molar-refractivity contribution is 0.0784. The third kappa shape index (κ3) is 5.48. The molecule has 0 radical (unpaired) electrons. The van der Waals surface area contributed by atoms with Crippen molar-refractivity contribution >= 4 is 24.1 Å². The Morgan fingerprint density at radius 3 is 2.19 bits per heavy atom. The number of carbonyl (C=O) groups is 2. The van der Waals surface area contributed by atoms with Crippen LogP contribution in [-0.2, 0) is 0 Å². The predicted octanol–water partition coefficient (Wildman–Crippen LogP) is 2.76. The highest BCUT2D eigenvalue weighted by molar-refractivity contribution is 6.07. The first-order valence-electron chi connectivity index (χ1n) is 6.95. The molecule has 5 heteroatoms. The van der Waals surface area contributed by atoms with Crippen LogP contribution in [0.1, 0.15) is 47.9 Å². The van der Waals surface area contributed by atoms with Crippen molar-refractivity contribution in [3.63, 3.8) is 0 Å². The Labute approximate surface area is 133 Å². The molecule has 2 N–H and O–H groups in total. The van der Waals surface area contributed by atoms with E-state index >= 15 is 0 Å². The lowest BCUT2D eigenvalue weighted by atomic mass is 10.0. The molecule has 0 fully saturated rings. The maximum atomic E-state index is 12.4. The van der Waals surface area contributed by atoms with Gasteiger partial charge in [0, 0.05) is 25.2 Å². The first kappa shape index (κ1) is 19.6. The molecule has 1 aromatic rings. The molecule has 0 saturated heterocycles. The van der Waals surface area contributed by atoms with E-state index in [1.54, 1.807) is 36.2 Å². The molecule has 1 rings (SSSR count). The van der Waals surface area contributed by atoms with Gasteiger partial charge in [0.25, 0.3) is 5.91 Å². The summed E-state index contributed by atoms with van der Waals surface area (Å²) in [5, 5.41) is 0. The Bertz CT molecular complexity index is 489. The molecule has 0 saturated carbocycles. The first-order chi connectivity index (χ1) is 9.34. The molecule has 1 atom stereocenters. The molecule has 0 spiro atoms. The second-order valence-electron chi connectivity index (χ2n) is 5.53. The van der Waals surface area contributed by atoms with Crippen molar-refractivity contribution in [3.8, 4) is 0 Å². The van der Waals surface area contributed by atoms with E-state index in [0.717, 1.165) is 6.42 Å². The van der Waals surface area contributed by atoms with Crippen LogP contribution in [0.3, 0.4) is 0 Å². The molecular formula is C16H25ClN2O2. The Kier molecular flexibility index (Phi) is 8.22. The third-order valence-corrected chi connectivity index (χ3v) is 3.54. The summed E-state index contributed by atoms with van der Waals surface area (Å²) >= 11 is 0. The van der Waals surface area contributed by atoms with E-state index in [9.17, 15) is 9.59 Å². The number of nitrogens with two attached hydrogens (primary N) is 1. The van der Waals surface area contributed by atoms with Crippen LogP contribution in [-0.4, -0.2) is 36.2 Å². The van der Waals surface area contributed by atoms with Gasteiger partial charge in [-0.2, -0.15) is 0 Å². The van der Waals surface area contributed by atoms with Crippen LogP contribution in [0.4, 0.5) is 0 Å². The second kappa shape index (κ2) is 8.80. The zero-order chi connectivity index (χ0) is 15.3. The van der Waals surface area contributed by atoms with Gasteiger partial charge in [-0.15, -0.1) is 12.4 Å². The topological polar surface area (TPSA) is 63.4 Å². The maximum absolute atomic E-state index is 12.4. The van der Waals surface area contributed by atoms with Crippen LogP contribution in [0.2, 0.25) is 0 Å². The van der Waals surface area contributed by atoms with Gasteiger partial charge in [-0.05, 0) is 25.3 Å². The lowest BCUT2D eigenvalue weighted by Crippen LogP contribution is -2.35. The number of hydrogen-bond donors (Lipinski definition) is 1. The third-order valence-electron chi connectivity index (χ3n) is 3.54. The molecule has 1 unspecified atom stereocenters. The van der Waals surface area contributed by atoms with Gasteiger partial charge in [0.15, 0.2) is 5.78 Å². The van der Waals surface area contributed by atoms with E-state index < -0.39 is 0 Å². The molecule has 0 aliphatic heterocycles. The van der Waals surface area contributed by atoms with Crippen LogP contribution < -0.4 is 5.73 Å². The van der Waals surface area contributed by atoms with Gasteiger partial charge in [-0.3, -0.25) is 9.59 Å². The van der Waals surface area contributed by atoms with Gasteiger partial charge in [-0.1, -0.05) is 32.0 Å². The normalized spacial score (nSPS) is 11.7. The number of carbonyl (C=O) groups excluding carboxylic acids is 2. The summed E-state index contributed by atoms with van der Waals surface area (Å²) in [6.45, 7) is 6.19. The summed E-state index contributed by atoms with van der Waals surface area (Å²) in [7, 11) is 1.74. The smallest absolute Gasteiger partial charge is 0.254 e. The molecule has 0 bridgehead atoms. The summed E-state index contributed by atoms with van der Waals surface area (Å²) in [5.74, 6) is 0.163. The fourth-order valence-corrected chi connectivity index (χ4v) is 1.96. The average Bonchev–Trinajstić information content (AvgIpc) is 2.43. The fraction of sp³-hybridized carbons (Fsp3) is 0.500. The number of halogens is 1. The number of amides is 1. The van der Waals surface area contributed by atoms with Crippen molar-refractivity contribution in [3.05, 3.63) is 35.4 Å². The summed E-state index contributed by atoms with van der Waals surface area (Å²) in [6.07, 6.45) is 0.752. The Morgan fingerprint density at radius 1 is 1.19 bits per heavy atom. The fourth-order valence-electron chi connectivity index (χ4n) is 1.96. The number of rotatable bonds is 6. The largest absolute Gasteiger partial charge is 0.342 e. The van der Waals surface area contributed by atoms with E-state index in [1.165, 1.54) is 6.92 Å². The standard InChI is InChI=1S/C16H24N2O2.ClH/c1-11(2)15(17)9-10-18(4)16(20)14-8-6-5-7-13(14)12(3)19;/h5-8,11,15H,9-10,17H2,1-4H3;1H. The van der Waals surface area contributed by atoms with Gasteiger partial charge >= 0.3 is 0 Å². The van der Waals surface area contributed by atoms with Gasteiger partial charge in [0.2, 0.25) is 0 Å². The molecular weight excluding hydrogens is 288 g/mol. The molecule has 118 valence electrons. The van der Waals surface area contributed by atoms with Gasteiger partial charge < -0.3 is 10.6 Å². The van der Waals surface area contributed by atoms with Gasteiger partial charge in [0.1, 0.15) is 0 Å². The molecule has 0 aliphatic carbocycles. The van der Waals surface area contributed by atoms with E-state index in [1.807, 2.05) is 0 Å². The molecule has 21 heavy (non-hydrogen) atoms. The zero-order valence-electron chi connectivity index (χ0n) is 13.1. The molecule has 0 heterocycles. The van der Waals surface area contributed by atoms with Crippen molar-refractivity contribution in [1.82, 2.24) is 4.90 Å². The molecule has 1 aromatic carbocycles. The van der Waals surface area contributed by atoms with Crippen LogP contribution in [0.15, 0.2) is 24.3 Å². The summed E-state index contributed by atoms with van der Waals surface area (Å²) < 4.78 is 0. The van der Waals surface area contributed by atoms with E-state index in [-0.39, 0.29) is 30.1 Å². The minimum Gasteiger partial charge on any atom is -0.342 e. The van der Waals surface area contributed by atoms with E-state index in [2.05, 4.69) is 13.8 Å². The highest BCUT2D eigenvalue weighted by Crippen LogP contribution is 2.13. The minimum absolute atomic E-state index is 0. The lowest BCUT2D eigenvalue weighted by Gasteiger charge is -2.22. The summed E-state index contributed by atoms with van der Waals surface area (Å²) in [6, 6.07) is 6.99. The van der Waals surface area contributed by atoms with Crippen molar-refractivity contribution in [2.24, 2.45) is 11.7 Å². The quantitative estimate of drug-likeness (QED) is 0.821. The van der Waals surface area contributed by atoms with Crippen LogP contribution in [0.5, 0.6) is 0 Å². The van der Waals surface area contributed by atoms with Crippen LogP contribution in [0, 0.1) is 5.92 Å². The van der Waals surface area contributed by atoms with Crippen molar-refractivity contribution in [2.45, 2.75) is 33.2 Å². The van der Waals surface area contributed by atoms with Crippen LogP contribution in [0.25, 0.3) is 0 Å². The predicted molar refractivity (Wildman–Crippen MR) is 88.1 cm³/mol. The van der Waals surface area contributed by atoms with Gasteiger partial charge in [0.05, 0.1) is 5.56 Å². The molecule has 0 aromatic heterocycles. The summed E-state index contributed by atoms with van der Waals surface area (Å²) in [4.78, 5) is 25.6. The number of ketones is 1. The second-order valence-corrected chi connectivity index (χ2v) is 5.53. The maximum Gasteiger partial charge on any atom is 0.254 e. The van der Waals surface area contributed by atoms with Crippen molar-refractivity contribution in [2.75, 3.05) is 13.6 Å².